The molecule has 1 heterocycles. The van der Waals surface area contributed by atoms with E-state index in [4.69, 9.17) is 18.0 Å². The van der Waals surface area contributed by atoms with Gasteiger partial charge in [0.2, 0.25) is 0 Å². The highest BCUT2D eigenvalue weighted by Crippen LogP contribution is 2.41. The van der Waals surface area contributed by atoms with Gasteiger partial charge in [-0.1, -0.05) is 37.2 Å². The number of fused-ring (bicyclic) bond motifs is 1. The number of piperidine rings is 1. The van der Waals surface area contributed by atoms with Crippen molar-refractivity contribution in [3.05, 3.63) is 29.8 Å². The van der Waals surface area contributed by atoms with E-state index in [1.165, 1.54) is 6.42 Å². The molecule has 0 radical (unpaired) electrons. The first kappa shape index (κ1) is 13.8. The molecule has 0 amide bonds. The largest absolute Gasteiger partial charge is 0.389 e. The fourth-order valence-corrected chi connectivity index (χ4v) is 3.92. The maximum absolute atomic E-state index is 10.8. The van der Waals surface area contributed by atoms with Crippen LogP contribution in [0.2, 0.25) is 0 Å². The molecular formula is C16H22N2OS. The van der Waals surface area contributed by atoms with Gasteiger partial charge in [0.1, 0.15) is 4.99 Å². The van der Waals surface area contributed by atoms with Crippen molar-refractivity contribution < 1.29 is 5.11 Å². The third-order valence-corrected chi connectivity index (χ3v) is 5.16. The molecule has 1 aliphatic heterocycles. The molecule has 1 saturated heterocycles. The average molecular weight is 290 g/mol. The van der Waals surface area contributed by atoms with Crippen LogP contribution in [0, 0.1) is 5.92 Å². The molecule has 3 nitrogen and oxygen atoms in total. The number of hydrogen-bond donors (Lipinski definition) is 2. The van der Waals surface area contributed by atoms with Gasteiger partial charge in [0.25, 0.3) is 0 Å². The fraction of sp³-hybridized carbons (Fsp3) is 0.562. The molecule has 3 rings (SSSR count). The van der Waals surface area contributed by atoms with Gasteiger partial charge in [0, 0.05) is 30.3 Å². The summed E-state index contributed by atoms with van der Waals surface area (Å²) in [6.45, 7) is 1.79. The number of anilines is 1. The Bertz CT molecular complexity index is 519. The smallest absolute Gasteiger partial charge is 0.106 e. The predicted octanol–water partition coefficient (Wildman–Crippen LogP) is 2.45. The lowest BCUT2D eigenvalue weighted by atomic mass is 9.71. The van der Waals surface area contributed by atoms with Crippen molar-refractivity contribution in [2.75, 3.05) is 18.0 Å². The fourth-order valence-electron chi connectivity index (χ4n) is 3.75. The van der Waals surface area contributed by atoms with Crippen LogP contribution in [0.15, 0.2) is 24.3 Å². The van der Waals surface area contributed by atoms with Crippen molar-refractivity contribution in [3.8, 4) is 0 Å². The zero-order valence-electron chi connectivity index (χ0n) is 11.7. The first-order chi connectivity index (χ1) is 9.60. The minimum absolute atomic E-state index is 0.379. The number of aliphatic hydroxyl groups is 1. The Hall–Kier alpha value is -1.13. The molecule has 0 spiro atoms. The van der Waals surface area contributed by atoms with E-state index in [1.807, 2.05) is 18.2 Å². The Morgan fingerprint density at radius 1 is 1.30 bits per heavy atom. The van der Waals surface area contributed by atoms with E-state index in [1.54, 1.807) is 0 Å². The van der Waals surface area contributed by atoms with Crippen molar-refractivity contribution in [1.29, 1.82) is 0 Å². The number of hydrogen-bond acceptors (Lipinski definition) is 3. The summed E-state index contributed by atoms with van der Waals surface area (Å²) in [5.74, 6) is 0.379. The maximum atomic E-state index is 10.8. The normalized spacial score (nSPS) is 29.9. The highest BCUT2D eigenvalue weighted by Gasteiger charge is 2.42. The van der Waals surface area contributed by atoms with Gasteiger partial charge in [-0.3, -0.25) is 0 Å². The molecule has 20 heavy (non-hydrogen) atoms. The van der Waals surface area contributed by atoms with Gasteiger partial charge >= 0.3 is 0 Å². The summed E-state index contributed by atoms with van der Waals surface area (Å²) in [6, 6.07) is 8.07. The number of rotatable bonds is 2. The molecule has 1 aromatic carbocycles. The van der Waals surface area contributed by atoms with E-state index in [-0.39, 0.29) is 0 Å². The van der Waals surface area contributed by atoms with Crippen LogP contribution in [0.5, 0.6) is 0 Å². The van der Waals surface area contributed by atoms with Crippen LogP contribution < -0.4 is 10.6 Å². The summed E-state index contributed by atoms with van der Waals surface area (Å²) >= 11 is 5.16. The molecule has 0 aromatic heterocycles. The number of nitrogens with two attached hydrogens (primary N) is 1. The second-order valence-corrected chi connectivity index (χ2v) is 6.56. The highest BCUT2D eigenvalue weighted by atomic mass is 32.1. The average Bonchev–Trinajstić information content (AvgIpc) is 2.46. The summed E-state index contributed by atoms with van der Waals surface area (Å²) in [5, 5.41) is 10.8. The molecule has 2 atom stereocenters. The van der Waals surface area contributed by atoms with Crippen LogP contribution in [0.4, 0.5) is 5.69 Å². The standard InChI is InChI=1S/C16H22N2OS/c17-15(20)13-6-1-2-7-14(13)18-10-9-16(19)8-4-3-5-12(16)11-18/h1-2,6-7,12,19H,3-5,8-11H2,(H2,17,20). The Labute approximate surface area is 125 Å². The van der Waals surface area contributed by atoms with Crippen LogP contribution in [-0.4, -0.2) is 28.8 Å². The zero-order chi connectivity index (χ0) is 14.2. The third kappa shape index (κ3) is 2.42. The molecule has 3 N–H and O–H groups in total. The van der Waals surface area contributed by atoms with Gasteiger partial charge in [-0.2, -0.15) is 0 Å². The van der Waals surface area contributed by atoms with Gasteiger partial charge < -0.3 is 15.7 Å². The summed E-state index contributed by atoms with van der Waals surface area (Å²) in [6.07, 6.45) is 5.34. The van der Waals surface area contributed by atoms with Crippen LogP contribution in [0.3, 0.4) is 0 Å². The second-order valence-electron chi connectivity index (χ2n) is 6.12. The van der Waals surface area contributed by atoms with E-state index in [9.17, 15) is 5.11 Å². The number of thiocarbonyl (C=S) groups is 1. The molecule has 1 aromatic rings. The monoisotopic (exact) mass is 290 g/mol. The summed E-state index contributed by atoms with van der Waals surface area (Å²) in [5.41, 5.74) is 7.46. The Kier molecular flexibility index (Phi) is 3.69. The lowest BCUT2D eigenvalue weighted by Crippen LogP contribution is -2.53. The van der Waals surface area contributed by atoms with E-state index < -0.39 is 5.60 Å². The molecule has 1 saturated carbocycles. The van der Waals surface area contributed by atoms with Gasteiger partial charge in [-0.05, 0) is 31.4 Å². The minimum Gasteiger partial charge on any atom is -0.389 e. The molecule has 2 aliphatic rings. The van der Waals surface area contributed by atoms with Crippen LogP contribution >= 0.6 is 12.2 Å². The number of para-hydroxylation sites is 1. The highest BCUT2D eigenvalue weighted by molar-refractivity contribution is 7.80. The van der Waals surface area contributed by atoms with Crippen LogP contribution in [-0.2, 0) is 0 Å². The van der Waals surface area contributed by atoms with E-state index in [2.05, 4.69) is 11.0 Å². The van der Waals surface area contributed by atoms with Gasteiger partial charge in [-0.25, -0.2) is 0 Å². The zero-order valence-corrected chi connectivity index (χ0v) is 12.5. The number of benzene rings is 1. The summed E-state index contributed by atoms with van der Waals surface area (Å²) < 4.78 is 0. The molecule has 2 unspecified atom stereocenters. The van der Waals surface area contributed by atoms with Gasteiger partial charge in [0.15, 0.2) is 0 Å². The first-order valence-corrected chi connectivity index (χ1v) is 7.87. The lowest BCUT2D eigenvalue weighted by molar-refractivity contribution is -0.0612. The third-order valence-electron chi connectivity index (χ3n) is 4.94. The Morgan fingerprint density at radius 2 is 2.10 bits per heavy atom. The van der Waals surface area contributed by atoms with Crippen molar-refractivity contribution in [1.82, 2.24) is 0 Å². The van der Waals surface area contributed by atoms with Crippen molar-refractivity contribution in [2.24, 2.45) is 11.7 Å². The first-order valence-electron chi connectivity index (χ1n) is 7.46. The minimum atomic E-state index is -0.438. The van der Waals surface area contributed by atoms with Crippen molar-refractivity contribution in [2.45, 2.75) is 37.7 Å². The predicted molar refractivity (Wildman–Crippen MR) is 86.1 cm³/mol. The van der Waals surface area contributed by atoms with E-state index in [0.29, 0.717) is 10.9 Å². The molecule has 108 valence electrons. The van der Waals surface area contributed by atoms with Crippen LogP contribution in [0.1, 0.15) is 37.7 Å². The van der Waals surface area contributed by atoms with Crippen molar-refractivity contribution >= 4 is 22.9 Å². The van der Waals surface area contributed by atoms with Gasteiger partial charge in [-0.15, -0.1) is 0 Å². The SMILES string of the molecule is NC(=S)c1ccccc1N1CCC2(O)CCCCC2C1. The van der Waals surface area contributed by atoms with Crippen molar-refractivity contribution in [3.63, 3.8) is 0 Å². The topological polar surface area (TPSA) is 49.5 Å². The Morgan fingerprint density at radius 3 is 2.90 bits per heavy atom. The summed E-state index contributed by atoms with van der Waals surface area (Å²) in [4.78, 5) is 2.80. The van der Waals surface area contributed by atoms with Crippen LogP contribution in [0.25, 0.3) is 0 Å². The molecule has 1 aliphatic carbocycles. The molecule has 4 heteroatoms. The maximum Gasteiger partial charge on any atom is 0.106 e. The number of nitrogens with zero attached hydrogens (tertiary/aromatic N) is 1. The quantitative estimate of drug-likeness (QED) is 0.822. The second kappa shape index (κ2) is 5.34. The molecule has 2 fully saturated rings. The molecular weight excluding hydrogens is 268 g/mol. The van der Waals surface area contributed by atoms with E-state index >= 15 is 0 Å². The lowest BCUT2D eigenvalue weighted by Gasteiger charge is -2.48. The van der Waals surface area contributed by atoms with Gasteiger partial charge in [0.05, 0.1) is 5.60 Å². The Balaban J connectivity index is 1.85. The summed E-state index contributed by atoms with van der Waals surface area (Å²) in [7, 11) is 0. The molecule has 0 bridgehead atoms. The van der Waals surface area contributed by atoms with E-state index in [0.717, 1.165) is 50.0 Å².